The summed E-state index contributed by atoms with van der Waals surface area (Å²) >= 11 is 0. The zero-order valence-electron chi connectivity index (χ0n) is 6.42. The van der Waals surface area contributed by atoms with Gasteiger partial charge < -0.3 is 10.1 Å². The molecule has 4 nitrogen and oxygen atoms in total. The number of hydrogen-bond acceptors (Lipinski definition) is 4. The Balaban J connectivity index is 2.46. The first-order valence-corrected chi connectivity index (χ1v) is 3.65. The van der Waals surface area contributed by atoms with Crippen LogP contribution in [0.25, 0.3) is 0 Å². The molecule has 1 N–H and O–H groups in total. The molecule has 0 bridgehead atoms. The van der Waals surface area contributed by atoms with Crippen LogP contribution >= 0.6 is 0 Å². The van der Waals surface area contributed by atoms with Gasteiger partial charge in [0.2, 0.25) is 0 Å². The smallest absolute Gasteiger partial charge is 0.317 e. The SMILES string of the molecule is CCOC(=O)[C@@H]1CNCC1=O. The highest BCUT2D eigenvalue weighted by Crippen LogP contribution is 2.05. The van der Waals surface area contributed by atoms with Crippen LogP contribution in [0.3, 0.4) is 0 Å². The van der Waals surface area contributed by atoms with Gasteiger partial charge in [0, 0.05) is 6.54 Å². The number of esters is 1. The standard InChI is InChI=1S/C7H11NO3/c1-2-11-7(10)5-3-8-4-6(5)9/h5,8H,2-4H2,1H3/t5-/m1/s1. The molecule has 1 rings (SSSR count). The molecule has 1 heterocycles. The minimum Gasteiger partial charge on any atom is -0.465 e. The first kappa shape index (κ1) is 8.20. The molecule has 0 aromatic rings. The first-order chi connectivity index (χ1) is 5.25. The lowest BCUT2D eigenvalue weighted by Gasteiger charge is -2.04. The highest BCUT2D eigenvalue weighted by atomic mass is 16.5. The fourth-order valence-electron chi connectivity index (χ4n) is 1.03. The normalized spacial score (nSPS) is 23.7. The first-order valence-electron chi connectivity index (χ1n) is 3.65. The van der Waals surface area contributed by atoms with Crippen LogP contribution in [0, 0.1) is 5.92 Å². The van der Waals surface area contributed by atoms with Crippen LogP contribution < -0.4 is 5.32 Å². The summed E-state index contributed by atoms with van der Waals surface area (Å²) in [6.07, 6.45) is 0. The number of hydrogen-bond donors (Lipinski definition) is 1. The monoisotopic (exact) mass is 157 g/mol. The molecular weight excluding hydrogens is 146 g/mol. The van der Waals surface area contributed by atoms with Gasteiger partial charge in [-0.25, -0.2) is 0 Å². The summed E-state index contributed by atoms with van der Waals surface area (Å²) in [6.45, 7) is 2.79. The molecule has 0 aliphatic carbocycles. The van der Waals surface area contributed by atoms with Crippen molar-refractivity contribution < 1.29 is 14.3 Å². The van der Waals surface area contributed by atoms with Gasteiger partial charge in [-0.15, -0.1) is 0 Å². The molecule has 1 atom stereocenters. The van der Waals surface area contributed by atoms with Gasteiger partial charge in [-0.05, 0) is 6.92 Å². The Labute approximate surface area is 64.9 Å². The van der Waals surface area contributed by atoms with Gasteiger partial charge >= 0.3 is 5.97 Å². The van der Waals surface area contributed by atoms with E-state index < -0.39 is 11.9 Å². The molecule has 62 valence electrons. The fourth-order valence-corrected chi connectivity index (χ4v) is 1.03. The highest BCUT2D eigenvalue weighted by Gasteiger charge is 2.31. The van der Waals surface area contributed by atoms with E-state index in [1.807, 2.05) is 0 Å². The van der Waals surface area contributed by atoms with Crippen molar-refractivity contribution in [3.8, 4) is 0 Å². The molecule has 0 aromatic heterocycles. The largest absolute Gasteiger partial charge is 0.465 e. The third kappa shape index (κ3) is 1.77. The van der Waals surface area contributed by atoms with Crippen molar-refractivity contribution in [2.75, 3.05) is 19.7 Å². The van der Waals surface area contributed by atoms with Crippen molar-refractivity contribution in [1.29, 1.82) is 0 Å². The maximum Gasteiger partial charge on any atom is 0.317 e. The van der Waals surface area contributed by atoms with Crippen molar-refractivity contribution >= 4 is 11.8 Å². The van der Waals surface area contributed by atoms with E-state index in [1.54, 1.807) is 6.92 Å². The van der Waals surface area contributed by atoms with E-state index in [0.29, 0.717) is 19.7 Å². The number of rotatable bonds is 2. The average molecular weight is 157 g/mol. The quantitative estimate of drug-likeness (QED) is 0.427. The topological polar surface area (TPSA) is 55.4 Å². The lowest BCUT2D eigenvalue weighted by atomic mass is 10.1. The molecule has 0 radical (unpaired) electrons. The minimum atomic E-state index is -0.560. The Morgan fingerprint density at radius 1 is 1.82 bits per heavy atom. The Hall–Kier alpha value is -0.900. The Kier molecular flexibility index (Phi) is 2.59. The van der Waals surface area contributed by atoms with Crippen LogP contribution in [0.5, 0.6) is 0 Å². The number of ether oxygens (including phenoxy) is 1. The van der Waals surface area contributed by atoms with E-state index in [1.165, 1.54) is 0 Å². The van der Waals surface area contributed by atoms with Crippen molar-refractivity contribution in [2.24, 2.45) is 5.92 Å². The second-order valence-electron chi connectivity index (χ2n) is 2.40. The van der Waals surface area contributed by atoms with E-state index in [4.69, 9.17) is 4.74 Å². The van der Waals surface area contributed by atoms with Crippen molar-refractivity contribution in [3.05, 3.63) is 0 Å². The summed E-state index contributed by atoms with van der Waals surface area (Å²) in [5.74, 6) is -1.03. The summed E-state index contributed by atoms with van der Waals surface area (Å²) in [4.78, 5) is 21.9. The maximum atomic E-state index is 11.0. The molecule has 1 saturated heterocycles. The predicted molar refractivity (Wildman–Crippen MR) is 38.0 cm³/mol. The molecule has 0 saturated carbocycles. The summed E-state index contributed by atoms with van der Waals surface area (Å²) in [7, 11) is 0. The fraction of sp³-hybridized carbons (Fsp3) is 0.714. The third-order valence-electron chi connectivity index (χ3n) is 1.61. The molecule has 11 heavy (non-hydrogen) atoms. The van der Waals surface area contributed by atoms with Crippen LogP contribution in [-0.2, 0) is 14.3 Å². The number of nitrogens with one attached hydrogen (secondary N) is 1. The Bertz CT molecular complexity index is 179. The van der Waals surface area contributed by atoms with Crippen molar-refractivity contribution in [2.45, 2.75) is 6.92 Å². The van der Waals surface area contributed by atoms with Crippen molar-refractivity contribution in [3.63, 3.8) is 0 Å². The zero-order valence-corrected chi connectivity index (χ0v) is 6.42. The van der Waals surface area contributed by atoms with Crippen LogP contribution in [0.15, 0.2) is 0 Å². The van der Waals surface area contributed by atoms with Gasteiger partial charge in [0.1, 0.15) is 5.92 Å². The molecule has 4 heteroatoms. The van der Waals surface area contributed by atoms with E-state index in [0.717, 1.165) is 0 Å². The summed E-state index contributed by atoms with van der Waals surface area (Å²) in [5.41, 5.74) is 0. The lowest BCUT2D eigenvalue weighted by Crippen LogP contribution is -2.24. The van der Waals surface area contributed by atoms with Crippen LogP contribution in [0.4, 0.5) is 0 Å². The summed E-state index contributed by atoms with van der Waals surface area (Å²) < 4.78 is 4.70. The second kappa shape index (κ2) is 3.48. The van der Waals surface area contributed by atoms with E-state index in [2.05, 4.69) is 5.32 Å². The minimum absolute atomic E-state index is 0.0662. The summed E-state index contributed by atoms with van der Waals surface area (Å²) in [6, 6.07) is 0. The second-order valence-corrected chi connectivity index (χ2v) is 2.40. The van der Waals surface area contributed by atoms with Gasteiger partial charge in [-0.3, -0.25) is 9.59 Å². The Morgan fingerprint density at radius 3 is 3.00 bits per heavy atom. The van der Waals surface area contributed by atoms with E-state index in [-0.39, 0.29) is 5.78 Å². The predicted octanol–water partition coefficient (Wildman–Crippen LogP) is -0.662. The van der Waals surface area contributed by atoms with E-state index >= 15 is 0 Å². The Morgan fingerprint density at radius 2 is 2.55 bits per heavy atom. The van der Waals surface area contributed by atoms with Crippen LogP contribution in [0.1, 0.15) is 6.92 Å². The zero-order chi connectivity index (χ0) is 8.27. The lowest BCUT2D eigenvalue weighted by molar-refractivity contribution is -0.149. The molecular formula is C7H11NO3. The number of Topliss-reactive ketones (excluding diaryl/α,β-unsaturated/α-hetero) is 1. The number of carbonyl (C=O) groups is 2. The van der Waals surface area contributed by atoms with Crippen molar-refractivity contribution in [1.82, 2.24) is 5.32 Å². The van der Waals surface area contributed by atoms with Gasteiger partial charge in [-0.2, -0.15) is 0 Å². The van der Waals surface area contributed by atoms with Gasteiger partial charge in [0.05, 0.1) is 13.2 Å². The molecule has 0 unspecified atom stereocenters. The maximum absolute atomic E-state index is 11.0. The van der Waals surface area contributed by atoms with Crippen LogP contribution in [0.2, 0.25) is 0 Å². The molecule has 1 fully saturated rings. The molecule has 0 amide bonds. The third-order valence-corrected chi connectivity index (χ3v) is 1.61. The van der Waals surface area contributed by atoms with E-state index in [9.17, 15) is 9.59 Å². The molecule has 0 spiro atoms. The molecule has 1 aliphatic rings. The number of carbonyl (C=O) groups excluding carboxylic acids is 2. The van der Waals surface area contributed by atoms with Gasteiger partial charge in [-0.1, -0.05) is 0 Å². The summed E-state index contributed by atoms with van der Waals surface area (Å²) in [5, 5.41) is 2.81. The average Bonchev–Trinajstić information content (AvgIpc) is 2.36. The highest BCUT2D eigenvalue weighted by molar-refractivity contribution is 6.01. The number of ketones is 1. The van der Waals surface area contributed by atoms with Crippen LogP contribution in [-0.4, -0.2) is 31.4 Å². The molecule has 1 aliphatic heterocycles. The molecule has 0 aromatic carbocycles. The van der Waals surface area contributed by atoms with Gasteiger partial charge in [0.25, 0.3) is 0 Å². The van der Waals surface area contributed by atoms with Gasteiger partial charge in [0.15, 0.2) is 5.78 Å².